The Kier molecular flexibility index (Phi) is 6.37. The zero-order valence-corrected chi connectivity index (χ0v) is 15.6. The second kappa shape index (κ2) is 8.50. The van der Waals surface area contributed by atoms with Gasteiger partial charge in [0.25, 0.3) is 0 Å². The highest BCUT2D eigenvalue weighted by atomic mass is 79.9. The highest BCUT2D eigenvalue weighted by Crippen LogP contribution is 2.35. The van der Waals surface area contributed by atoms with Crippen molar-refractivity contribution in [2.45, 2.75) is 19.8 Å². The van der Waals surface area contributed by atoms with E-state index in [1.165, 1.54) is 13.2 Å². The van der Waals surface area contributed by atoms with E-state index >= 15 is 0 Å². The summed E-state index contributed by atoms with van der Waals surface area (Å²) in [4.78, 5) is 12.6. The Hall–Kier alpha value is -2.58. The molecule has 0 fully saturated rings. The minimum absolute atomic E-state index is 0.0166. The maximum absolute atomic E-state index is 12.6. The molecule has 0 aromatic heterocycles. The number of methoxy groups -OCH3 is 1. The number of benzene rings is 2. The number of Topliss-reactive ketones (excluding diaryl/α,β-unsaturated/α-hetero) is 1. The number of allylic oxidation sites excluding steroid dienone is 1. The summed E-state index contributed by atoms with van der Waals surface area (Å²) in [6.07, 6.45) is 3.47. The summed E-state index contributed by atoms with van der Waals surface area (Å²) in [6, 6.07) is 12.4. The number of ether oxygens (including phenoxy) is 1. The van der Waals surface area contributed by atoms with E-state index in [1.54, 1.807) is 24.3 Å². The van der Waals surface area contributed by atoms with Crippen LogP contribution in [-0.2, 0) is 6.42 Å². The van der Waals surface area contributed by atoms with Gasteiger partial charge in [0.1, 0.15) is 11.6 Å². The van der Waals surface area contributed by atoms with Gasteiger partial charge in [0.05, 0.1) is 11.6 Å². The number of nitrogens with zero attached hydrogens (tertiary/aromatic N) is 1. The van der Waals surface area contributed by atoms with Crippen molar-refractivity contribution in [2.24, 2.45) is 0 Å². The van der Waals surface area contributed by atoms with Crippen LogP contribution in [0.4, 0.5) is 0 Å². The molecular weight excluding hydrogens is 382 g/mol. The van der Waals surface area contributed by atoms with Gasteiger partial charge in [0.15, 0.2) is 11.5 Å². The second-order valence-electron chi connectivity index (χ2n) is 5.50. The van der Waals surface area contributed by atoms with Crippen LogP contribution < -0.4 is 4.74 Å². The fourth-order valence-corrected chi connectivity index (χ4v) is 2.87. The van der Waals surface area contributed by atoms with E-state index in [0.717, 1.165) is 18.4 Å². The molecule has 0 atom stereocenters. The molecule has 0 unspecified atom stereocenters. The predicted octanol–water partition coefficient (Wildman–Crippen LogP) is 4.91. The summed E-state index contributed by atoms with van der Waals surface area (Å²) in [5.41, 5.74) is 2.23. The molecule has 25 heavy (non-hydrogen) atoms. The Morgan fingerprint density at radius 1 is 1.32 bits per heavy atom. The normalized spacial score (nSPS) is 11.0. The smallest absolute Gasteiger partial charge is 0.203 e. The summed E-state index contributed by atoms with van der Waals surface area (Å²) in [7, 11) is 1.43. The quantitative estimate of drug-likeness (QED) is 0.425. The molecule has 0 bridgehead atoms. The van der Waals surface area contributed by atoms with Gasteiger partial charge < -0.3 is 9.84 Å². The van der Waals surface area contributed by atoms with E-state index in [2.05, 4.69) is 22.9 Å². The van der Waals surface area contributed by atoms with E-state index in [9.17, 15) is 15.2 Å². The molecular formula is C20H18BrNO3. The second-order valence-corrected chi connectivity index (χ2v) is 6.35. The zero-order valence-electron chi connectivity index (χ0n) is 14.0. The summed E-state index contributed by atoms with van der Waals surface area (Å²) in [6.45, 7) is 2.10. The summed E-state index contributed by atoms with van der Waals surface area (Å²) < 4.78 is 5.51. The van der Waals surface area contributed by atoms with Crippen molar-refractivity contribution in [2.75, 3.05) is 7.11 Å². The largest absolute Gasteiger partial charge is 0.503 e. The lowest BCUT2D eigenvalue weighted by atomic mass is 10.00. The van der Waals surface area contributed by atoms with Crippen LogP contribution in [-0.4, -0.2) is 18.0 Å². The van der Waals surface area contributed by atoms with Crippen molar-refractivity contribution in [1.82, 2.24) is 0 Å². The van der Waals surface area contributed by atoms with E-state index in [-0.39, 0.29) is 22.9 Å². The molecule has 1 N–H and O–H groups in total. The van der Waals surface area contributed by atoms with Gasteiger partial charge in [-0.2, -0.15) is 5.26 Å². The van der Waals surface area contributed by atoms with Crippen molar-refractivity contribution in [3.63, 3.8) is 0 Å². The van der Waals surface area contributed by atoms with Gasteiger partial charge in [-0.1, -0.05) is 37.6 Å². The number of phenols is 1. The van der Waals surface area contributed by atoms with Gasteiger partial charge in [0.2, 0.25) is 5.78 Å². The van der Waals surface area contributed by atoms with Crippen molar-refractivity contribution in [3.8, 4) is 17.6 Å². The number of nitriles is 1. The molecule has 4 nitrogen and oxygen atoms in total. The Morgan fingerprint density at radius 2 is 2.00 bits per heavy atom. The van der Waals surface area contributed by atoms with Crippen molar-refractivity contribution in [1.29, 1.82) is 5.26 Å². The molecule has 2 rings (SSSR count). The molecule has 0 spiro atoms. The Bertz CT molecular complexity index is 848. The maximum Gasteiger partial charge on any atom is 0.203 e. The first-order valence-corrected chi connectivity index (χ1v) is 8.61. The number of hydrogen-bond acceptors (Lipinski definition) is 4. The molecule has 0 aliphatic carbocycles. The van der Waals surface area contributed by atoms with Crippen LogP contribution >= 0.6 is 15.9 Å². The third-order valence-electron chi connectivity index (χ3n) is 3.70. The Morgan fingerprint density at radius 3 is 2.56 bits per heavy atom. The van der Waals surface area contributed by atoms with Gasteiger partial charge in [-0.05, 0) is 51.7 Å². The molecule has 0 saturated heterocycles. The van der Waals surface area contributed by atoms with Crippen LogP contribution in [0.1, 0.15) is 34.8 Å². The minimum atomic E-state index is -0.339. The van der Waals surface area contributed by atoms with Crippen LogP contribution in [0.2, 0.25) is 0 Å². The van der Waals surface area contributed by atoms with E-state index in [1.807, 2.05) is 18.2 Å². The molecule has 128 valence electrons. The fourth-order valence-electron chi connectivity index (χ4n) is 2.41. The average Bonchev–Trinajstić information content (AvgIpc) is 2.62. The molecule has 0 amide bonds. The van der Waals surface area contributed by atoms with E-state index in [0.29, 0.717) is 15.6 Å². The summed E-state index contributed by atoms with van der Waals surface area (Å²) >= 11 is 3.23. The molecule has 0 saturated carbocycles. The number of halogens is 1. The summed E-state index contributed by atoms with van der Waals surface area (Å²) in [5, 5.41) is 19.2. The lowest BCUT2D eigenvalue weighted by Crippen LogP contribution is -2.02. The number of aromatic hydroxyl groups is 1. The maximum atomic E-state index is 12.6. The lowest BCUT2D eigenvalue weighted by Gasteiger charge is -2.07. The minimum Gasteiger partial charge on any atom is -0.503 e. The first kappa shape index (κ1) is 18.8. The topological polar surface area (TPSA) is 70.3 Å². The predicted molar refractivity (Wildman–Crippen MR) is 101 cm³/mol. The summed E-state index contributed by atoms with van der Waals surface area (Å²) in [5.74, 6) is -0.112. The molecule has 2 aromatic rings. The van der Waals surface area contributed by atoms with Crippen LogP contribution in [0.3, 0.4) is 0 Å². The van der Waals surface area contributed by atoms with Crippen LogP contribution in [0.25, 0.3) is 6.08 Å². The van der Waals surface area contributed by atoms with Gasteiger partial charge in [-0.3, -0.25) is 4.79 Å². The fraction of sp³-hybridized carbons (Fsp3) is 0.200. The zero-order chi connectivity index (χ0) is 18.4. The SMILES string of the molecule is CCCc1ccc(C(=O)/C(C#N)=C/c2cc(Br)c(O)c(OC)c2)cc1. The average molecular weight is 400 g/mol. The molecule has 0 aliphatic rings. The molecule has 0 aliphatic heterocycles. The third kappa shape index (κ3) is 4.49. The molecule has 5 heteroatoms. The number of aryl methyl sites for hydroxylation is 1. The highest BCUT2D eigenvalue weighted by molar-refractivity contribution is 9.10. The number of phenolic OH excluding ortho intramolecular Hbond substituents is 1. The van der Waals surface area contributed by atoms with Crippen molar-refractivity contribution >= 4 is 27.8 Å². The highest BCUT2D eigenvalue weighted by Gasteiger charge is 2.14. The standard InChI is InChI=1S/C20H18BrNO3/c1-3-4-13-5-7-15(8-6-13)19(23)16(12-22)9-14-10-17(21)20(24)18(11-14)25-2/h5-11,24H,3-4H2,1-2H3/b16-9+. The lowest BCUT2D eigenvalue weighted by molar-refractivity contribution is 0.104. The number of ketones is 1. The monoisotopic (exact) mass is 399 g/mol. The van der Waals surface area contributed by atoms with E-state index in [4.69, 9.17) is 4.74 Å². The first-order valence-electron chi connectivity index (χ1n) is 7.82. The van der Waals surface area contributed by atoms with Gasteiger partial charge in [-0.25, -0.2) is 0 Å². The Labute approximate surface area is 155 Å². The van der Waals surface area contributed by atoms with Gasteiger partial charge >= 0.3 is 0 Å². The number of hydrogen-bond donors (Lipinski definition) is 1. The van der Waals surface area contributed by atoms with Gasteiger partial charge in [0, 0.05) is 5.56 Å². The number of carbonyl (C=O) groups excluding carboxylic acids is 1. The van der Waals surface area contributed by atoms with Crippen molar-refractivity contribution in [3.05, 3.63) is 63.1 Å². The van der Waals surface area contributed by atoms with Crippen molar-refractivity contribution < 1.29 is 14.6 Å². The third-order valence-corrected chi connectivity index (χ3v) is 4.31. The van der Waals surface area contributed by atoms with Crippen LogP contribution in [0.5, 0.6) is 11.5 Å². The molecule has 2 aromatic carbocycles. The van der Waals surface area contributed by atoms with E-state index < -0.39 is 0 Å². The van der Waals surface area contributed by atoms with Crippen LogP contribution in [0.15, 0.2) is 46.4 Å². The number of rotatable bonds is 6. The first-order chi connectivity index (χ1) is 12.0. The Balaban J connectivity index is 2.35. The van der Waals surface area contributed by atoms with Gasteiger partial charge in [-0.15, -0.1) is 0 Å². The number of carbonyl (C=O) groups is 1. The van der Waals surface area contributed by atoms with Crippen LogP contribution in [0, 0.1) is 11.3 Å². The molecule has 0 heterocycles. The molecule has 0 radical (unpaired) electrons.